The Hall–Kier alpha value is -0.620. The van der Waals surface area contributed by atoms with Crippen LogP contribution in [-0.4, -0.2) is 59.7 Å². The van der Waals surface area contributed by atoms with Crippen LogP contribution < -0.4 is 10.2 Å². The van der Waals surface area contributed by atoms with Gasteiger partial charge in [-0.05, 0) is 45.1 Å². The van der Waals surface area contributed by atoms with Crippen LogP contribution in [-0.2, 0) is 0 Å². The SMILES string of the molecule is Cc1cc(N2CCC(N3C[C@@H]4CCCN[C@@H]4C3)CC2)nc(C(C)C)n1.Cl.Cl. The van der Waals surface area contributed by atoms with Crippen LogP contribution in [0.15, 0.2) is 6.07 Å². The highest BCUT2D eigenvalue weighted by Crippen LogP contribution is 2.30. The Balaban J connectivity index is 0.00000131. The van der Waals surface area contributed by atoms with Crippen molar-refractivity contribution in [1.29, 1.82) is 0 Å². The highest BCUT2D eigenvalue weighted by molar-refractivity contribution is 5.85. The second-order valence-electron chi connectivity index (χ2n) is 8.52. The molecule has 0 unspecified atom stereocenters. The Kier molecular flexibility index (Phi) is 8.17. The van der Waals surface area contributed by atoms with E-state index in [1.807, 2.05) is 0 Å². The van der Waals surface area contributed by atoms with Crippen LogP contribution in [0.1, 0.15) is 57.0 Å². The van der Waals surface area contributed by atoms with Crippen molar-refractivity contribution in [2.45, 2.75) is 64.5 Å². The number of piperidine rings is 2. The second-order valence-corrected chi connectivity index (χ2v) is 8.52. The van der Waals surface area contributed by atoms with Gasteiger partial charge in [0.05, 0.1) is 0 Å². The van der Waals surface area contributed by atoms with Crippen LogP contribution in [0.5, 0.6) is 0 Å². The Morgan fingerprint density at radius 3 is 2.48 bits per heavy atom. The molecule has 0 radical (unpaired) electrons. The molecule has 4 rings (SSSR count). The molecule has 3 saturated heterocycles. The maximum Gasteiger partial charge on any atom is 0.133 e. The minimum absolute atomic E-state index is 0. The van der Waals surface area contributed by atoms with Crippen LogP contribution in [0.4, 0.5) is 5.82 Å². The molecule has 7 heteroatoms. The molecule has 0 spiro atoms. The van der Waals surface area contributed by atoms with Crippen LogP contribution in [0.25, 0.3) is 0 Å². The molecular weight excluding hydrogens is 381 g/mol. The lowest BCUT2D eigenvalue weighted by Crippen LogP contribution is -2.45. The van der Waals surface area contributed by atoms with Gasteiger partial charge in [-0.3, -0.25) is 4.90 Å². The van der Waals surface area contributed by atoms with Gasteiger partial charge in [-0.25, -0.2) is 9.97 Å². The van der Waals surface area contributed by atoms with Gasteiger partial charge in [0.2, 0.25) is 0 Å². The van der Waals surface area contributed by atoms with Gasteiger partial charge in [0, 0.05) is 55.9 Å². The van der Waals surface area contributed by atoms with Gasteiger partial charge in [-0.15, -0.1) is 24.8 Å². The summed E-state index contributed by atoms with van der Waals surface area (Å²) in [5.41, 5.74) is 1.09. The third kappa shape index (κ3) is 5.06. The van der Waals surface area contributed by atoms with Crippen molar-refractivity contribution in [3.63, 3.8) is 0 Å². The number of hydrogen-bond acceptors (Lipinski definition) is 5. The topological polar surface area (TPSA) is 44.3 Å². The first kappa shape index (κ1) is 22.7. The summed E-state index contributed by atoms with van der Waals surface area (Å²) in [6.45, 7) is 12.5. The molecule has 27 heavy (non-hydrogen) atoms. The summed E-state index contributed by atoms with van der Waals surface area (Å²) in [6.07, 6.45) is 5.31. The molecule has 3 aliphatic rings. The molecular formula is C20H35Cl2N5. The van der Waals surface area contributed by atoms with Crippen LogP contribution >= 0.6 is 24.8 Å². The number of likely N-dealkylation sites (tertiary alicyclic amines) is 1. The lowest BCUT2D eigenvalue weighted by atomic mass is 9.94. The van der Waals surface area contributed by atoms with E-state index in [9.17, 15) is 0 Å². The molecule has 0 aromatic carbocycles. The summed E-state index contributed by atoms with van der Waals surface area (Å²) in [5.74, 6) is 3.39. The molecule has 1 N–H and O–H groups in total. The van der Waals surface area contributed by atoms with E-state index in [1.54, 1.807) is 0 Å². The van der Waals surface area contributed by atoms with Crippen molar-refractivity contribution in [3.05, 3.63) is 17.6 Å². The van der Waals surface area contributed by atoms with E-state index in [0.717, 1.165) is 48.4 Å². The van der Waals surface area contributed by atoms with Crippen molar-refractivity contribution < 1.29 is 0 Å². The monoisotopic (exact) mass is 415 g/mol. The molecule has 2 atom stereocenters. The van der Waals surface area contributed by atoms with Crippen molar-refractivity contribution in [3.8, 4) is 0 Å². The fourth-order valence-corrected chi connectivity index (χ4v) is 4.83. The van der Waals surface area contributed by atoms with E-state index in [1.165, 1.54) is 45.3 Å². The highest BCUT2D eigenvalue weighted by atomic mass is 35.5. The van der Waals surface area contributed by atoms with Crippen LogP contribution in [0.3, 0.4) is 0 Å². The number of aryl methyl sites for hydroxylation is 1. The average molecular weight is 416 g/mol. The van der Waals surface area contributed by atoms with E-state index in [2.05, 4.69) is 46.9 Å². The van der Waals surface area contributed by atoms with Crippen molar-refractivity contribution in [1.82, 2.24) is 20.2 Å². The zero-order chi connectivity index (χ0) is 17.4. The summed E-state index contributed by atoms with van der Waals surface area (Å²) in [4.78, 5) is 14.7. The maximum absolute atomic E-state index is 4.83. The number of aromatic nitrogens is 2. The number of anilines is 1. The minimum Gasteiger partial charge on any atom is -0.356 e. The van der Waals surface area contributed by atoms with Crippen molar-refractivity contribution >= 4 is 30.6 Å². The quantitative estimate of drug-likeness (QED) is 0.818. The van der Waals surface area contributed by atoms with Gasteiger partial charge in [0.1, 0.15) is 11.6 Å². The molecule has 0 aliphatic carbocycles. The smallest absolute Gasteiger partial charge is 0.133 e. The van der Waals surface area contributed by atoms with Gasteiger partial charge in [-0.1, -0.05) is 13.8 Å². The molecule has 4 heterocycles. The lowest BCUT2D eigenvalue weighted by Gasteiger charge is -2.37. The average Bonchev–Trinajstić information content (AvgIpc) is 3.05. The van der Waals surface area contributed by atoms with E-state index < -0.39 is 0 Å². The van der Waals surface area contributed by atoms with Crippen molar-refractivity contribution in [2.75, 3.05) is 37.6 Å². The minimum atomic E-state index is 0. The molecule has 5 nitrogen and oxygen atoms in total. The van der Waals surface area contributed by atoms with E-state index in [0.29, 0.717) is 5.92 Å². The highest BCUT2D eigenvalue weighted by Gasteiger charge is 2.38. The van der Waals surface area contributed by atoms with Gasteiger partial charge >= 0.3 is 0 Å². The Morgan fingerprint density at radius 1 is 1.07 bits per heavy atom. The normalized spacial score (nSPS) is 26.4. The Bertz CT molecular complexity index is 590. The molecule has 0 amide bonds. The maximum atomic E-state index is 4.83. The van der Waals surface area contributed by atoms with E-state index in [-0.39, 0.29) is 24.8 Å². The molecule has 1 aromatic heterocycles. The first-order valence-corrected chi connectivity index (χ1v) is 10.2. The molecule has 154 valence electrons. The van der Waals surface area contributed by atoms with Gasteiger partial charge in [-0.2, -0.15) is 0 Å². The number of nitrogens with one attached hydrogen (secondary N) is 1. The third-order valence-electron chi connectivity index (χ3n) is 6.31. The predicted octanol–water partition coefficient (Wildman–Crippen LogP) is 3.40. The number of hydrogen-bond donors (Lipinski definition) is 1. The summed E-state index contributed by atoms with van der Waals surface area (Å²) >= 11 is 0. The standard InChI is InChI=1S/C20H33N5.2ClH/c1-14(2)20-22-15(3)11-19(23-20)24-9-6-17(7-10-24)25-12-16-5-4-8-21-18(16)13-25;;/h11,14,16-18,21H,4-10,12-13H2,1-3H3;2*1H/t16-,18+;;/m0../s1. The van der Waals surface area contributed by atoms with Crippen LogP contribution in [0.2, 0.25) is 0 Å². The zero-order valence-corrected chi connectivity index (χ0v) is 18.5. The van der Waals surface area contributed by atoms with Crippen molar-refractivity contribution in [2.24, 2.45) is 5.92 Å². The number of halogens is 2. The fraction of sp³-hybridized carbons (Fsp3) is 0.800. The molecule has 3 fully saturated rings. The number of fused-ring (bicyclic) bond motifs is 1. The third-order valence-corrected chi connectivity index (χ3v) is 6.31. The van der Waals surface area contributed by atoms with E-state index in [4.69, 9.17) is 4.98 Å². The van der Waals surface area contributed by atoms with Gasteiger partial charge in [0.15, 0.2) is 0 Å². The molecule has 1 aromatic rings. The Morgan fingerprint density at radius 2 is 1.81 bits per heavy atom. The summed E-state index contributed by atoms with van der Waals surface area (Å²) in [7, 11) is 0. The first-order chi connectivity index (χ1) is 12.1. The predicted molar refractivity (Wildman–Crippen MR) is 117 cm³/mol. The number of rotatable bonds is 3. The summed E-state index contributed by atoms with van der Waals surface area (Å²) in [5, 5.41) is 3.74. The second kappa shape index (κ2) is 9.73. The summed E-state index contributed by atoms with van der Waals surface area (Å²) < 4.78 is 0. The molecule has 0 saturated carbocycles. The molecule has 3 aliphatic heterocycles. The Labute approximate surface area is 176 Å². The zero-order valence-electron chi connectivity index (χ0n) is 16.9. The van der Waals surface area contributed by atoms with Gasteiger partial charge in [0.25, 0.3) is 0 Å². The first-order valence-electron chi connectivity index (χ1n) is 10.2. The van der Waals surface area contributed by atoms with Crippen LogP contribution in [0, 0.1) is 12.8 Å². The van der Waals surface area contributed by atoms with E-state index >= 15 is 0 Å². The molecule has 0 bridgehead atoms. The fourth-order valence-electron chi connectivity index (χ4n) is 4.83. The lowest BCUT2D eigenvalue weighted by molar-refractivity contribution is 0.199. The summed E-state index contributed by atoms with van der Waals surface area (Å²) in [6, 6.07) is 3.67. The number of nitrogens with zero attached hydrogens (tertiary/aromatic N) is 4. The van der Waals surface area contributed by atoms with Gasteiger partial charge < -0.3 is 10.2 Å². The largest absolute Gasteiger partial charge is 0.356 e.